The van der Waals surface area contributed by atoms with Crippen LogP contribution in [0.2, 0.25) is 0 Å². The second kappa shape index (κ2) is 8.13. The van der Waals surface area contributed by atoms with E-state index < -0.39 is 0 Å². The average molecular weight is 388 g/mol. The highest BCUT2D eigenvalue weighted by Crippen LogP contribution is 2.41. The van der Waals surface area contributed by atoms with Crippen molar-refractivity contribution in [2.45, 2.75) is 45.6 Å². The summed E-state index contributed by atoms with van der Waals surface area (Å²) >= 11 is 1.46. The van der Waals surface area contributed by atoms with Crippen LogP contribution in [0.25, 0.3) is 0 Å². The average Bonchev–Trinajstić information content (AvgIpc) is 3.18. The third-order valence-corrected chi connectivity index (χ3v) is 5.37. The van der Waals surface area contributed by atoms with Crippen molar-refractivity contribution >= 4 is 23.0 Å². The van der Waals surface area contributed by atoms with Gasteiger partial charge in [-0.3, -0.25) is 9.59 Å². The van der Waals surface area contributed by atoms with Crippen molar-refractivity contribution < 1.29 is 19.1 Å². The Balaban J connectivity index is 1.39. The predicted molar refractivity (Wildman–Crippen MR) is 106 cm³/mol. The normalized spacial score (nSPS) is 14.3. The number of nitrogens with one attached hydrogen (secondary N) is 1. The van der Waals surface area contributed by atoms with E-state index in [-0.39, 0.29) is 30.1 Å². The molecule has 0 atom stereocenters. The molecule has 0 saturated carbocycles. The molecule has 1 N–H and O–H groups in total. The molecule has 1 aliphatic heterocycles. The number of para-hydroxylation sites is 1. The largest absolute Gasteiger partial charge is 0.488 e. The highest BCUT2D eigenvalue weighted by Gasteiger charge is 2.32. The molecule has 0 radical (unpaired) electrons. The molecular formula is C21H25NO4S. The Morgan fingerprint density at radius 3 is 2.78 bits per heavy atom. The number of rotatable bonds is 8. The third-order valence-electron chi connectivity index (χ3n) is 4.33. The lowest BCUT2D eigenvalue weighted by Gasteiger charge is -2.18. The fraction of sp³-hybridized carbons (Fsp3) is 0.429. The SMILES string of the molecule is Cc1ccc(C(=O)CCC(=O)NCCOc2cccc3c2OC(C)(C)C3)s1. The third kappa shape index (κ3) is 5.10. The number of ketones is 1. The van der Waals surface area contributed by atoms with Crippen molar-refractivity contribution in [1.29, 1.82) is 0 Å². The maximum absolute atomic E-state index is 12.0. The predicted octanol–water partition coefficient (Wildman–Crippen LogP) is 3.93. The fourth-order valence-corrected chi connectivity index (χ4v) is 3.91. The lowest BCUT2D eigenvalue weighted by Crippen LogP contribution is -2.28. The van der Waals surface area contributed by atoms with Gasteiger partial charge in [-0.05, 0) is 39.0 Å². The molecule has 5 nitrogen and oxygen atoms in total. The standard InChI is InChI=1S/C21H25NO4S/c1-14-7-9-18(27-14)16(23)8-10-19(24)22-11-12-25-17-6-4-5-15-13-21(2,3)26-20(15)17/h4-7,9H,8,10-13H2,1-3H3,(H,22,24). The van der Waals surface area contributed by atoms with Crippen molar-refractivity contribution in [1.82, 2.24) is 5.32 Å². The number of aryl methyl sites for hydroxylation is 1. The zero-order valence-electron chi connectivity index (χ0n) is 16.0. The number of hydrogen-bond acceptors (Lipinski definition) is 5. The van der Waals surface area contributed by atoms with Crippen LogP contribution < -0.4 is 14.8 Å². The van der Waals surface area contributed by atoms with Gasteiger partial charge in [0, 0.05) is 29.7 Å². The number of Topliss-reactive ketones (excluding diaryl/α,β-unsaturated/α-hetero) is 1. The topological polar surface area (TPSA) is 64.6 Å². The summed E-state index contributed by atoms with van der Waals surface area (Å²) in [5.74, 6) is 1.37. The summed E-state index contributed by atoms with van der Waals surface area (Å²) in [6.07, 6.45) is 1.27. The molecule has 0 bridgehead atoms. The van der Waals surface area contributed by atoms with Crippen molar-refractivity contribution in [3.05, 3.63) is 45.6 Å². The molecular weight excluding hydrogens is 362 g/mol. The van der Waals surface area contributed by atoms with Gasteiger partial charge < -0.3 is 14.8 Å². The lowest BCUT2D eigenvalue weighted by molar-refractivity contribution is -0.121. The van der Waals surface area contributed by atoms with Crippen LogP contribution in [-0.4, -0.2) is 30.4 Å². The van der Waals surface area contributed by atoms with Gasteiger partial charge in [-0.1, -0.05) is 12.1 Å². The second-order valence-corrected chi connectivity index (χ2v) is 8.60. The molecule has 3 rings (SSSR count). The zero-order chi connectivity index (χ0) is 19.4. The molecule has 1 aromatic carbocycles. The van der Waals surface area contributed by atoms with E-state index in [1.54, 1.807) is 0 Å². The summed E-state index contributed by atoms with van der Waals surface area (Å²) in [7, 11) is 0. The van der Waals surface area contributed by atoms with Gasteiger partial charge in [-0.25, -0.2) is 0 Å². The first-order valence-electron chi connectivity index (χ1n) is 9.14. The van der Waals surface area contributed by atoms with Crippen LogP contribution in [0.3, 0.4) is 0 Å². The Hall–Kier alpha value is -2.34. The fourth-order valence-electron chi connectivity index (χ4n) is 3.08. The van der Waals surface area contributed by atoms with E-state index in [0.29, 0.717) is 23.8 Å². The van der Waals surface area contributed by atoms with Crippen molar-refractivity contribution in [2.75, 3.05) is 13.2 Å². The quantitative estimate of drug-likeness (QED) is 0.551. The minimum absolute atomic E-state index is 0.0131. The number of hydrogen-bond donors (Lipinski definition) is 1. The highest BCUT2D eigenvalue weighted by atomic mass is 32.1. The van der Waals surface area contributed by atoms with Crippen molar-refractivity contribution in [2.24, 2.45) is 0 Å². The minimum atomic E-state index is -0.219. The van der Waals surface area contributed by atoms with Gasteiger partial charge in [-0.15, -0.1) is 11.3 Å². The van der Waals surface area contributed by atoms with E-state index in [0.717, 1.165) is 22.6 Å². The summed E-state index contributed by atoms with van der Waals surface area (Å²) in [6, 6.07) is 9.61. The van der Waals surface area contributed by atoms with Crippen molar-refractivity contribution in [3.8, 4) is 11.5 Å². The summed E-state index contributed by atoms with van der Waals surface area (Å²) < 4.78 is 11.7. The maximum atomic E-state index is 12.0. The van der Waals surface area contributed by atoms with E-state index >= 15 is 0 Å². The number of fused-ring (bicyclic) bond motifs is 1. The number of carbonyl (C=O) groups is 2. The Morgan fingerprint density at radius 2 is 2.04 bits per heavy atom. The Morgan fingerprint density at radius 1 is 1.22 bits per heavy atom. The molecule has 0 unspecified atom stereocenters. The molecule has 6 heteroatoms. The maximum Gasteiger partial charge on any atom is 0.220 e. The van der Waals surface area contributed by atoms with Gasteiger partial charge in [0.2, 0.25) is 5.91 Å². The van der Waals surface area contributed by atoms with Gasteiger partial charge >= 0.3 is 0 Å². The molecule has 0 fully saturated rings. The number of thiophene rings is 1. The Bertz CT molecular complexity index is 840. The van der Waals surface area contributed by atoms with Gasteiger partial charge in [0.25, 0.3) is 0 Å². The molecule has 0 spiro atoms. The first-order chi connectivity index (χ1) is 12.8. The molecule has 144 valence electrons. The lowest BCUT2D eigenvalue weighted by atomic mass is 10.0. The summed E-state index contributed by atoms with van der Waals surface area (Å²) in [5.41, 5.74) is 0.924. The van der Waals surface area contributed by atoms with Gasteiger partial charge in [0.1, 0.15) is 12.2 Å². The highest BCUT2D eigenvalue weighted by molar-refractivity contribution is 7.14. The molecule has 2 aromatic rings. The van der Waals surface area contributed by atoms with Crippen LogP contribution in [0.15, 0.2) is 30.3 Å². The van der Waals surface area contributed by atoms with E-state index in [1.807, 2.05) is 37.3 Å². The minimum Gasteiger partial charge on any atom is -0.488 e. The molecule has 0 saturated heterocycles. The van der Waals surface area contributed by atoms with Crippen molar-refractivity contribution in [3.63, 3.8) is 0 Å². The smallest absolute Gasteiger partial charge is 0.220 e. The van der Waals surface area contributed by atoms with Crippen LogP contribution in [0, 0.1) is 6.92 Å². The monoisotopic (exact) mass is 387 g/mol. The molecule has 0 aliphatic carbocycles. The van der Waals surface area contributed by atoms with E-state index in [1.165, 1.54) is 11.3 Å². The summed E-state index contributed by atoms with van der Waals surface area (Å²) in [4.78, 5) is 25.8. The van der Waals surface area contributed by atoms with E-state index in [2.05, 4.69) is 19.2 Å². The van der Waals surface area contributed by atoms with Gasteiger partial charge in [0.15, 0.2) is 17.3 Å². The first kappa shape index (κ1) is 19.4. The van der Waals surface area contributed by atoms with Gasteiger partial charge in [-0.2, -0.15) is 0 Å². The first-order valence-corrected chi connectivity index (χ1v) is 9.96. The Kier molecular flexibility index (Phi) is 5.85. The molecule has 1 aliphatic rings. The van der Waals surface area contributed by atoms with Crippen LogP contribution in [0.1, 0.15) is 46.8 Å². The molecule has 27 heavy (non-hydrogen) atoms. The molecule has 2 heterocycles. The summed E-state index contributed by atoms with van der Waals surface area (Å²) in [5, 5.41) is 2.80. The number of benzene rings is 1. The second-order valence-electron chi connectivity index (χ2n) is 7.31. The number of ether oxygens (including phenoxy) is 2. The van der Waals surface area contributed by atoms with Crippen LogP contribution in [0.4, 0.5) is 0 Å². The molecule has 1 aromatic heterocycles. The number of amides is 1. The Labute approximate surface area is 163 Å². The van der Waals surface area contributed by atoms with Crippen LogP contribution >= 0.6 is 11.3 Å². The van der Waals surface area contributed by atoms with Crippen LogP contribution in [-0.2, 0) is 11.2 Å². The van der Waals surface area contributed by atoms with Gasteiger partial charge in [0.05, 0.1) is 11.4 Å². The summed E-state index contributed by atoms with van der Waals surface area (Å²) in [6.45, 7) is 6.80. The van der Waals surface area contributed by atoms with E-state index in [4.69, 9.17) is 9.47 Å². The van der Waals surface area contributed by atoms with Crippen LogP contribution in [0.5, 0.6) is 11.5 Å². The molecule has 1 amide bonds. The van der Waals surface area contributed by atoms with E-state index in [9.17, 15) is 9.59 Å². The number of carbonyl (C=O) groups excluding carboxylic acids is 2. The zero-order valence-corrected chi connectivity index (χ0v) is 16.8.